The number of oxime groups is 1. The Balaban J connectivity index is 2.27. The van der Waals surface area contributed by atoms with Crippen LogP contribution < -0.4 is 0 Å². The van der Waals surface area contributed by atoms with E-state index in [1.165, 1.54) is 31.7 Å². The Morgan fingerprint density at radius 2 is 1.81 bits per heavy atom. The number of benzene rings is 1. The summed E-state index contributed by atoms with van der Waals surface area (Å²) >= 11 is 0. The first-order valence-electron chi connectivity index (χ1n) is 6.14. The molecular weight excluding hydrogens is 292 g/mol. The van der Waals surface area contributed by atoms with Crippen LogP contribution >= 0.6 is 0 Å². The van der Waals surface area contributed by atoms with Gasteiger partial charge in [-0.1, -0.05) is 5.16 Å². The molecule has 1 aromatic heterocycles. The van der Waals surface area contributed by atoms with Gasteiger partial charge in [-0.3, -0.25) is 0 Å². The van der Waals surface area contributed by atoms with Crippen molar-refractivity contribution in [1.29, 1.82) is 0 Å². The number of rotatable bonds is 5. The van der Waals surface area contributed by atoms with Crippen molar-refractivity contribution < 1.29 is 17.7 Å². The maximum Gasteiger partial charge on any atom is 0.242 e. The van der Waals surface area contributed by atoms with Crippen molar-refractivity contribution in [3.63, 3.8) is 0 Å². The van der Waals surface area contributed by atoms with Crippen LogP contribution in [-0.2, 0) is 14.9 Å². The lowest BCUT2D eigenvalue weighted by Gasteiger charge is -2.11. The van der Waals surface area contributed by atoms with E-state index in [4.69, 9.17) is 4.42 Å². The number of hydrogen-bond donors (Lipinski definition) is 0. The largest absolute Gasteiger partial charge is 0.455 e. The van der Waals surface area contributed by atoms with Gasteiger partial charge >= 0.3 is 0 Å². The van der Waals surface area contributed by atoms with Crippen molar-refractivity contribution in [2.24, 2.45) is 5.16 Å². The molecule has 0 N–H and O–H groups in total. The summed E-state index contributed by atoms with van der Waals surface area (Å²) < 4.78 is 30.7. The van der Waals surface area contributed by atoms with Crippen LogP contribution in [-0.4, -0.2) is 40.1 Å². The van der Waals surface area contributed by atoms with Gasteiger partial charge in [-0.15, -0.1) is 0 Å². The molecule has 6 nitrogen and oxygen atoms in total. The van der Waals surface area contributed by atoms with Crippen LogP contribution in [0.1, 0.15) is 5.76 Å². The molecule has 0 radical (unpaired) electrons. The Kier molecular flexibility index (Phi) is 4.44. The minimum Gasteiger partial charge on any atom is -0.455 e. The van der Waals surface area contributed by atoms with Crippen LogP contribution in [0, 0.1) is 0 Å². The molecule has 0 saturated heterocycles. The molecule has 0 spiro atoms. The van der Waals surface area contributed by atoms with Crippen LogP contribution in [0.15, 0.2) is 50.9 Å². The molecule has 7 heteroatoms. The maximum atomic E-state index is 12.0. The van der Waals surface area contributed by atoms with E-state index >= 15 is 0 Å². The molecule has 1 heterocycles. The first-order chi connectivity index (χ1) is 9.95. The fourth-order valence-corrected chi connectivity index (χ4v) is 2.59. The molecule has 0 bridgehead atoms. The number of nitrogens with zero attached hydrogens (tertiary/aromatic N) is 2. The second-order valence-electron chi connectivity index (χ2n) is 4.43. The average Bonchev–Trinajstić information content (AvgIpc) is 2.94. The molecule has 0 fully saturated rings. The fourth-order valence-electron chi connectivity index (χ4n) is 1.68. The van der Waals surface area contributed by atoms with Gasteiger partial charge < -0.3 is 9.25 Å². The van der Waals surface area contributed by atoms with Crippen LogP contribution in [0.5, 0.6) is 0 Å². The maximum absolute atomic E-state index is 12.0. The number of furan rings is 1. The summed E-state index contributed by atoms with van der Waals surface area (Å²) in [6.45, 7) is 0. The second kappa shape index (κ2) is 6.11. The van der Waals surface area contributed by atoms with Gasteiger partial charge in [-0.2, -0.15) is 0 Å². The molecular formula is C14H16N2O4S. The van der Waals surface area contributed by atoms with E-state index in [1.54, 1.807) is 36.4 Å². The van der Waals surface area contributed by atoms with Crippen molar-refractivity contribution in [3.05, 3.63) is 42.2 Å². The van der Waals surface area contributed by atoms with E-state index in [1.807, 2.05) is 0 Å². The van der Waals surface area contributed by atoms with Crippen LogP contribution in [0.3, 0.4) is 0 Å². The first kappa shape index (κ1) is 15.3. The zero-order valence-corrected chi connectivity index (χ0v) is 12.8. The molecule has 0 atom stereocenters. The van der Waals surface area contributed by atoms with E-state index in [0.717, 1.165) is 5.56 Å². The Morgan fingerprint density at radius 1 is 1.14 bits per heavy atom. The van der Waals surface area contributed by atoms with Crippen molar-refractivity contribution >= 4 is 16.2 Å². The van der Waals surface area contributed by atoms with Gasteiger partial charge in [0.25, 0.3) is 0 Å². The number of hydrogen-bond acceptors (Lipinski definition) is 5. The van der Waals surface area contributed by atoms with Crippen LogP contribution in [0.4, 0.5) is 0 Å². The molecule has 0 aliphatic rings. The van der Waals surface area contributed by atoms with Crippen molar-refractivity contribution in [3.8, 4) is 11.3 Å². The minimum absolute atomic E-state index is 0.240. The average molecular weight is 308 g/mol. The predicted octanol–water partition coefficient (Wildman–Crippen LogP) is 2.18. The smallest absolute Gasteiger partial charge is 0.242 e. The van der Waals surface area contributed by atoms with Crippen LogP contribution in [0.2, 0.25) is 0 Å². The van der Waals surface area contributed by atoms with Crippen molar-refractivity contribution in [2.75, 3.05) is 21.2 Å². The topological polar surface area (TPSA) is 72.1 Å². The molecule has 112 valence electrons. The highest BCUT2D eigenvalue weighted by Crippen LogP contribution is 2.24. The summed E-state index contributed by atoms with van der Waals surface area (Å²) in [5.41, 5.74) is 0.782. The van der Waals surface area contributed by atoms with E-state index in [-0.39, 0.29) is 4.90 Å². The molecule has 0 aliphatic heterocycles. The summed E-state index contributed by atoms with van der Waals surface area (Å²) in [4.78, 5) is 4.81. The summed E-state index contributed by atoms with van der Waals surface area (Å²) in [6.07, 6.45) is 1.45. The third-order valence-corrected chi connectivity index (χ3v) is 4.66. The molecule has 0 amide bonds. The lowest BCUT2D eigenvalue weighted by molar-refractivity contribution is 0.215. The van der Waals surface area contributed by atoms with Gasteiger partial charge in [0, 0.05) is 19.7 Å². The molecule has 1 aromatic carbocycles. The third-order valence-electron chi connectivity index (χ3n) is 2.83. The lowest BCUT2D eigenvalue weighted by atomic mass is 10.2. The standard InChI is InChI=1S/C14H16N2O4S/c1-16(2)21(17,18)13-7-4-11(5-8-13)14-9-6-12(20-14)10-15-19-3/h4-10H,1-3H3. The van der Waals surface area contributed by atoms with Gasteiger partial charge in [0.15, 0.2) is 0 Å². The van der Waals surface area contributed by atoms with Crippen LogP contribution in [0.25, 0.3) is 11.3 Å². The first-order valence-corrected chi connectivity index (χ1v) is 7.58. The summed E-state index contributed by atoms with van der Waals surface area (Å²) in [6, 6.07) is 10.0. The third kappa shape index (κ3) is 3.32. The van der Waals surface area contributed by atoms with E-state index in [2.05, 4.69) is 9.99 Å². The van der Waals surface area contributed by atoms with Gasteiger partial charge in [-0.05, 0) is 36.4 Å². The molecule has 2 rings (SSSR count). The SMILES string of the molecule is CON=Cc1ccc(-c2ccc(S(=O)(=O)N(C)C)cc2)o1. The Bertz CT molecular complexity index is 731. The monoisotopic (exact) mass is 308 g/mol. The summed E-state index contributed by atoms with van der Waals surface area (Å²) in [5, 5.41) is 3.61. The highest BCUT2D eigenvalue weighted by Gasteiger charge is 2.17. The van der Waals surface area contributed by atoms with E-state index in [9.17, 15) is 8.42 Å². The lowest BCUT2D eigenvalue weighted by Crippen LogP contribution is -2.22. The zero-order chi connectivity index (χ0) is 15.5. The quantitative estimate of drug-likeness (QED) is 0.627. The highest BCUT2D eigenvalue weighted by molar-refractivity contribution is 7.89. The fraction of sp³-hybridized carbons (Fsp3) is 0.214. The zero-order valence-electron chi connectivity index (χ0n) is 12.0. The predicted molar refractivity (Wildman–Crippen MR) is 79.6 cm³/mol. The second-order valence-corrected chi connectivity index (χ2v) is 6.58. The Hall–Kier alpha value is -2.12. The molecule has 2 aromatic rings. The van der Waals surface area contributed by atoms with Crippen molar-refractivity contribution in [1.82, 2.24) is 4.31 Å². The normalized spacial score (nSPS) is 12.2. The minimum atomic E-state index is -3.42. The summed E-state index contributed by atoms with van der Waals surface area (Å²) in [7, 11) is 1.03. The molecule has 0 aliphatic carbocycles. The van der Waals surface area contributed by atoms with E-state index < -0.39 is 10.0 Å². The van der Waals surface area contributed by atoms with Gasteiger partial charge in [-0.25, -0.2) is 12.7 Å². The molecule has 0 unspecified atom stereocenters. The molecule has 21 heavy (non-hydrogen) atoms. The van der Waals surface area contributed by atoms with Crippen molar-refractivity contribution in [2.45, 2.75) is 4.90 Å². The molecule has 0 saturated carbocycles. The Morgan fingerprint density at radius 3 is 2.38 bits per heavy atom. The summed E-state index contributed by atoms with van der Waals surface area (Å²) in [5.74, 6) is 1.18. The van der Waals surface area contributed by atoms with E-state index in [0.29, 0.717) is 11.5 Å². The number of sulfonamides is 1. The van der Waals surface area contributed by atoms with Gasteiger partial charge in [0.05, 0.1) is 4.90 Å². The Labute approximate surface area is 123 Å². The van der Waals surface area contributed by atoms with Gasteiger partial charge in [0.2, 0.25) is 10.0 Å². The van der Waals surface area contributed by atoms with Gasteiger partial charge in [0.1, 0.15) is 24.8 Å². The highest BCUT2D eigenvalue weighted by atomic mass is 32.2.